The molecule has 2 heterocycles. The molecule has 1 amide bonds. The van der Waals surface area contributed by atoms with Crippen molar-refractivity contribution in [3.05, 3.63) is 164 Å². The van der Waals surface area contributed by atoms with Crippen LogP contribution in [0.2, 0.25) is 0 Å². The standard InChI is InChI=1S/C48H56N5O10P/c1-32(2)53(33(3)4)64(61-28-14-27-49)63-42-41(62-46(43(42)59-7)52-30-40(45(55)51-47(52)56)44(54)50-29-34-15-10-8-11-16-34)31-60-48(35-17-12-9-13-18-35,36-19-23-38(57-5)24-20-36)37-21-25-39(58-6)26-22-37/h8-13,15-26,30,32-33,41-43,46H,14,28-29,31H2,1-7H3,(H,50,54)(H,51,55,56). The van der Waals surface area contributed by atoms with Crippen LogP contribution in [0.25, 0.3) is 0 Å². The minimum atomic E-state index is -1.88. The summed E-state index contributed by atoms with van der Waals surface area (Å²) in [6.07, 6.45) is -2.88. The lowest BCUT2D eigenvalue weighted by Crippen LogP contribution is -2.43. The molecule has 2 N–H and O–H groups in total. The van der Waals surface area contributed by atoms with E-state index in [2.05, 4.69) is 21.0 Å². The number of carbonyl (C=O) groups excluding carboxylic acids is 1. The molecule has 0 spiro atoms. The van der Waals surface area contributed by atoms with Gasteiger partial charge in [-0.05, 0) is 74.2 Å². The van der Waals surface area contributed by atoms with Crippen molar-refractivity contribution in [1.82, 2.24) is 19.5 Å². The average Bonchev–Trinajstić information content (AvgIpc) is 3.65. The second-order valence-electron chi connectivity index (χ2n) is 15.6. The Labute approximate surface area is 374 Å². The van der Waals surface area contributed by atoms with Crippen molar-refractivity contribution in [2.75, 3.05) is 34.5 Å². The molecule has 1 aromatic heterocycles. The molecule has 1 aliphatic heterocycles. The summed E-state index contributed by atoms with van der Waals surface area (Å²) in [6.45, 7) is 8.21. The van der Waals surface area contributed by atoms with Gasteiger partial charge in [-0.1, -0.05) is 84.9 Å². The fraction of sp³-hybridized carbons (Fsp3) is 0.375. The molecule has 16 heteroatoms. The summed E-state index contributed by atoms with van der Waals surface area (Å²) in [5.41, 5.74) is -0.0847. The molecule has 0 aliphatic carbocycles. The molecule has 6 rings (SSSR count). The van der Waals surface area contributed by atoms with Crippen molar-refractivity contribution in [3.63, 3.8) is 0 Å². The van der Waals surface area contributed by atoms with Crippen LogP contribution in [0.1, 0.15) is 73.0 Å². The monoisotopic (exact) mass is 893 g/mol. The Hall–Kier alpha value is -5.69. The maximum Gasteiger partial charge on any atom is 0.330 e. The first-order chi connectivity index (χ1) is 30.9. The van der Waals surface area contributed by atoms with Crippen molar-refractivity contribution in [2.24, 2.45) is 0 Å². The first-order valence-electron chi connectivity index (χ1n) is 21.0. The summed E-state index contributed by atoms with van der Waals surface area (Å²) in [5, 5.41) is 12.2. The van der Waals surface area contributed by atoms with Gasteiger partial charge in [-0.15, -0.1) is 0 Å². The topological polar surface area (TPSA) is 176 Å². The number of benzene rings is 4. The number of hydrogen-bond acceptors (Lipinski definition) is 12. The molecule has 0 bridgehead atoms. The maximum atomic E-state index is 13.8. The van der Waals surface area contributed by atoms with Gasteiger partial charge in [-0.25, -0.2) is 9.46 Å². The van der Waals surface area contributed by atoms with Crippen molar-refractivity contribution in [2.45, 2.75) is 82.9 Å². The zero-order valence-electron chi connectivity index (χ0n) is 37.1. The molecule has 5 unspecified atom stereocenters. The van der Waals surface area contributed by atoms with Gasteiger partial charge in [-0.2, -0.15) is 5.26 Å². The van der Waals surface area contributed by atoms with Crippen LogP contribution in [0.3, 0.4) is 0 Å². The summed E-state index contributed by atoms with van der Waals surface area (Å²) in [7, 11) is 2.79. The predicted octanol–water partition coefficient (Wildman–Crippen LogP) is 7.07. The molecule has 5 aromatic rings. The minimum Gasteiger partial charge on any atom is -0.497 e. The van der Waals surface area contributed by atoms with E-state index >= 15 is 0 Å². The van der Waals surface area contributed by atoms with Gasteiger partial charge >= 0.3 is 5.69 Å². The van der Waals surface area contributed by atoms with Gasteiger partial charge in [0.25, 0.3) is 20.0 Å². The highest BCUT2D eigenvalue weighted by atomic mass is 31.2. The normalized spacial score (nSPS) is 18.0. The van der Waals surface area contributed by atoms with Crippen molar-refractivity contribution in [3.8, 4) is 17.6 Å². The molecule has 64 heavy (non-hydrogen) atoms. The Balaban J connectivity index is 1.47. The van der Waals surface area contributed by atoms with Crippen LogP contribution in [0.5, 0.6) is 11.5 Å². The summed E-state index contributed by atoms with van der Waals surface area (Å²) in [4.78, 5) is 42.9. The number of aromatic nitrogens is 2. The fourth-order valence-electron chi connectivity index (χ4n) is 7.83. The van der Waals surface area contributed by atoms with Crippen LogP contribution in [0.4, 0.5) is 0 Å². The molecule has 1 aliphatic rings. The number of carbonyl (C=O) groups is 1. The van der Waals surface area contributed by atoms with Crippen molar-refractivity contribution >= 4 is 14.4 Å². The number of H-pyrrole nitrogens is 1. The maximum absolute atomic E-state index is 13.8. The highest BCUT2D eigenvalue weighted by Crippen LogP contribution is 2.51. The Kier molecular flexibility index (Phi) is 16.6. The summed E-state index contributed by atoms with van der Waals surface area (Å²) in [6, 6.07) is 36.3. The molecule has 0 radical (unpaired) electrons. The number of aromatic amines is 1. The van der Waals surface area contributed by atoms with Crippen LogP contribution < -0.4 is 26.0 Å². The lowest BCUT2D eigenvalue weighted by Gasteiger charge is -2.39. The van der Waals surface area contributed by atoms with Gasteiger partial charge in [0.1, 0.15) is 41.0 Å². The van der Waals surface area contributed by atoms with E-state index in [-0.39, 0.29) is 43.8 Å². The molecule has 338 valence electrons. The van der Waals surface area contributed by atoms with E-state index in [1.165, 1.54) is 13.3 Å². The smallest absolute Gasteiger partial charge is 0.330 e. The second kappa shape index (κ2) is 22.3. The quantitative estimate of drug-likeness (QED) is 0.0436. The average molecular weight is 894 g/mol. The van der Waals surface area contributed by atoms with Crippen LogP contribution >= 0.6 is 8.53 Å². The fourth-order valence-corrected chi connectivity index (χ4v) is 9.60. The van der Waals surface area contributed by atoms with Gasteiger partial charge in [0.15, 0.2) is 6.23 Å². The van der Waals surface area contributed by atoms with Crippen LogP contribution in [0.15, 0.2) is 125 Å². The SMILES string of the molecule is COc1ccc(C(OCC2OC(n3cc(C(=O)NCc4ccccc4)c(=O)[nH]c3=O)C(OC)C2OP(OCCC#N)N(C(C)C)C(C)C)(c2ccccc2)c2ccc(OC)cc2)cc1. The third-order valence-corrected chi connectivity index (χ3v) is 13.0. The van der Waals surface area contributed by atoms with Crippen LogP contribution in [0, 0.1) is 11.3 Å². The van der Waals surface area contributed by atoms with E-state index in [9.17, 15) is 19.6 Å². The van der Waals surface area contributed by atoms with E-state index in [4.69, 9.17) is 32.7 Å². The van der Waals surface area contributed by atoms with E-state index < -0.39 is 55.8 Å². The Morgan fingerprint density at radius 2 is 1.41 bits per heavy atom. The second-order valence-corrected chi connectivity index (χ2v) is 17.0. The number of amides is 1. The number of nitrogens with zero attached hydrogens (tertiary/aromatic N) is 3. The van der Waals surface area contributed by atoms with Gasteiger partial charge in [0.05, 0.1) is 39.9 Å². The minimum absolute atomic E-state index is 0.0448. The molecule has 5 atom stereocenters. The Bertz CT molecular complexity index is 2370. The highest BCUT2D eigenvalue weighted by molar-refractivity contribution is 7.44. The van der Waals surface area contributed by atoms with Crippen molar-refractivity contribution in [1.29, 1.82) is 5.26 Å². The van der Waals surface area contributed by atoms with E-state index in [1.54, 1.807) is 14.2 Å². The third-order valence-electron chi connectivity index (χ3n) is 10.9. The van der Waals surface area contributed by atoms with E-state index in [1.807, 2.05) is 137 Å². The van der Waals surface area contributed by atoms with Crippen LogP contribution in [-0.4, -0.2) is 85.1 Å². The number of rotatable bonds is 21. The van der Waals surface area contributed by atoms with Gasteiger partial charge in [0.2, 0.25) is 0 Å². The summed E-state index contributed by atoms with van der Waals surface area (Å²) in [5.74, 6) is 0.620. The number of methoxy groups -OCH3 is 3. The summed E-state index contributed by atoms with van der Waals surface area (Å²) < 4.78 is 48.0. The molecular formula is C48H56N5O10P. The first-order valence-corrected chi connectivity index (χ1v) is 22.2. The molecule has 1 fully saturated rings. The number of hydrogen-bond donors (Lipinski definition) is 2. The summed E-state index contributed by atoms with van der Waals surface area (Å²) >= 11 is 0. The largest absolute Gasteiger partial charge is 0.497 e. The number of nitriles is 1. The van der Waals surface area contributed by atoms with E-state index in [0.29, 0.717) is 11.5 Å². The molecule has 15 nitrogen and oxygen atoms in total. The first kappa shape index (κ1) is 47.8. The lowest BCUT2D eigenvalue weighted by atomic mass is 9.80. The Morgan fingerprint density at radius 3 is 1.94 bits per heavy atom. The van der Waals surface area contributed by atoms with Crippen LogP contribution in [-0.2, 0) is 35.4 Å². The highest BCUT2D eigenvalue weighted by Gasteiger charge is 2.51. The number of nitrogens with one attached hydrogen (secondary N) is 2. The molecule has 1 saturated heterocycles. The van der Waals surface area contributed by atoms with Gasteiger partial charge < -0.3 is 38.0 Å². The van der Waals surface area contributed by atoms with Gasteiger partial charge in [0, 0.05) is 31.9 Å². The molecule has 4 aromatic carbocycles. The zero-order valence-corrected chi connectivity index (χ0v) is 38.0. The molecule has 0 saturated carbocycles. The Morgan fingerprint density at radius 1 is 0.844 bits per heavy atom. The molecular weight excluding hydrogens is 838 g/mol. The van der Waals surface area contributed by atoms with Crippen molar-refractivity contribution < 1.29 is 37.5 Å². The third kappa shape index (κ3) is 10.8. The number of ether oxygens (including phenoxy) is 5. The van der Waals surface area contributed by atoms with E-state index in [0.717, 1.165) is 26.8 Å². The lowest BCUT2D eigenvalue weighted by molar-refractivity contribution is -0.0958. The van der Waals surface area contributed by atoms with Gasteiger partial charge in [-0.3, -0.25) is 19.1 Å². The zero-order chi connectivity index (χ0) is 45.8. The predicted molar refractivity (Wildman–Crippen MR) is 242 cm³/mol.